The number of rotatable bonds is 8. The van der Waals surface area contributed by atoms with Gasteiger partial charge in [-0.15, -0.1) is 0 Å². The zero-order chi connectivity index (χ0) is 25.0. The van der Waals surface area contributed by atoms with Crippen LogP contribution in [0.1, 0.15) is 22.3 Å². The molecule has 184 valence electrons. The molecule has 3 aromatic carbocycles. The second-order valence-corrected chi connectivity index (χ2v) is 12.2. The summed E-state index contributed by atoms with van der Waals surface area (Å²) < 4.78 is 29.3. The van der Waals surface area contributed by atoms with E-state index < -0.39 is 10.0 Å². The van der Waals surface area contributed by atoms with Gasteiger partial charge in [0.25, 0.3) is 15.9 Å². The number of nitrogens with zero attached hydrogens (tertiary/aromatic N) is 2. The standard InChI is InChI=1S/C26H27Br2N3O3S/c1-30(16-20-13-14-31(18-20)17-19-5-3-2-4-6-19)26(32)21-7-10-23(11-8-21)29-35(33,34)25-15-22(27)9-12-24(25)28/h2-12,15,20,29H,13-14,16-18H2,1H3. The van der Waals surface area contributed by atoms with E-state index in [4.69, 9.17) is 0 Å². The lowest BCUT2D eigenvalue weighted by Gasteiger charge is -2.22. The van der Waals surface area contributed by atoms with Crippen molar-refractivity contribution in [2.75, 3.05) is 31.4 Å². The number of hydrogen-bond donors (Lipinski definition) is 1. The quantitative estimate of drug-likeness (QED) is 0.356. The number of anilines is 1. The van der Waals surface area contributed by atoms with Gasteiger partial charge >= 0.3 is 0 Å². The molecule has 35 heavy (non-hydrogen) atoms. The largest absolute Gasteiger partial charge is 0.341 e. The van der Waals surface area contributed by atoms with Crippen LogP contribution >= 0.6 is 31.9 Å². The first-order chi connectivity index (χ1) is 16.7. The fourth-order valence-electron chi connectivity index (χ4n) is 4.31. The Balaban J connectivity index is 1.33. The van der Waals surface area contributed by atoms with E-state index in [-0.39, 0.29) is 10.8 Å². The molecule has 1 unspecified atom stereocenters. The van der Waals surface area contributed by atoms with Crippen LogP contribution in [0.3, 0.4) is 0 Å². The molecule has 0 radical (unpaired) electrons. The van der Waals surface area contributed by atoms with Gasteiger partial charge in [0.15, 0.2) is 0 Å². The Kier molecular flexibility index (Phi) is 8.31. The highest BCUT2D eigenvalue weighted by atomic mass is 79.9. The molecule has 4 rings (SSSR count). The molecule has 1 N–H and O–H groups in total. The third kappa shape index (κ3) is 6.73. The van der Waals surface area contributed by atoms with Gasteiger partial charge in [-0.2, -0.15) is 0 Å². The van der Waals surface area contributed by atoms with Gasteiger partial charge in [-0.1, -0.05) is 46.3 Å². The van der Waals surface area contributed by atoms with Crippen LogP contribution in [0.15, 0.2) is 86.6 Å². The summed E-state index contributed by atoms with van der Waals surface area (Å²) in [6.07, 6.45) is 1.07. The van der Waals surface area contributed by atoms with Crippen LogP contribution in [0.2, 0.25) is 0 Å². The molecule has 1 heterocycles. The second kappa shape index (κ2) is 11.2. The van der Waals surface area contributed by atoms with Crippen molar-refractivity contribution < 1.29 is 13.2 Å². The van der Waals surface area contributed by atoms with Gasteiger partial charge in [-0.05, 0) is 82.8 Å². The van der Waals surface area contributed by atoms with Crippen LogP contribution in [0.5, 0.6) is 0 Å². The summed E-state index contributed by atoms with van der Waals surface area (Å²) in [6.45, 7) is 3.63. The number of halogens is 2. The highest BCUT2D eigenvalue weighted by molar-refractivity contribution is 9.11. The van der Waals surface area contributed by atoms with E-state index in [2.05, 4.69) is 65.7 Å². The number of carbonyl (C=O) groups excluding carboxylic acids is 1. The Labute approximate surface area is 223 Å². The van der Waals surface area contributed by atoms with Crippen molar-refractivity contribution in [1.29, 1.82) is 0 Å². The number of likely N-dealkylation sites (tertiary alicyclic amines) is 1. The van der Waals surface area contributed by atoms with Crippen molar-refractivity contribution in [3.8, 4) is 0 Å². The Morgan fingerprint density at radius 2 is 1.77 bits per heavy atom. The molecular formula is C26H27Br2N3O3S. The summed E-state index contributed by atoms with van der Waals surface area (Å²) in [7, 11) is -1.96. The fraction of sp³-hybridized carbons (Fsp3) is 0.269. The molecule has 1 atom stereocenters. The van der Waals surface area contributed by atoms with E-state index in [9.17, 15) is 13.2 Å². The molecule has 1 fully saturated rings. The van der Waals surface area contributed by atoms with Gasteiger partial charge in [0, 0.05) is 46.9 Å². The van der Waals surface area contributed by atoms with Gasteiger partial charge in [-0.25, -0.2) is 8.42 Å². The SMILES string of the molecule is CN(CC1CCN(Cc2ccccc2)C1)C(=O)c1ccc(NS(=O)(=O)c2cc(Br)ccc2Br)cc1. The normalized spacial score (nSPS) is 16.3. The Morgan fingerprint density at radius 1 is 1.06 bits per heavy atom. The number of nitrogens with one attached hydrogen (secondary N) is 1. The predicted octanol–water partition coefficient (Wildman–Crippen LogP) is 5.61. The number of amides is 1. The zero-order valence-corrected chi connectivity index (χ0v) is 23.3. The average molecular weight is 621 g/mol. The molecule has 0 bridgehead atoms. The van der Waals surface area contributed by atoms with Crippen molar-refractivity contribution in [3.63, 3.8) is 0 Å². The van der Waals surface area contributed by atoms with Crippen LogP contribution < -0.4 is 4.72 Å². The van der Waals surface area contributed by atoms with E-state index >= 15 is 0 Å². The predicted molar refractivity (Wildman–Crippen MR) is 146 cm³/mol. The summed E-state index contributed by atoms with van der Waals surface area (Å²) in [5.74, 6) is 0.359. The molecule has 1 aliphatic rings. The van der Waals surface area contributed by atoms with E-state index in [0.29, 0.717) is 32.7 Å². The number of hydrogen-bond acceptors (Lipinski definition) is 4. The molecule has 0 aliphatic carbocycles. The summed E-state index contributed by atoms with van der Waals surface area (Å²) in [6, 6.07) is 21.9. The number of benzene rings is 3. The smallest absolute Gasteiger partial charge is 0.263 e. The van der Waals surface area contributed by atoms with Gasteiger partial charge in [0.05, 0.1) is 0 Å². The van der Waals surface area contributed by atoms with Crippen LogP contribution in [-0.2, 0) is 16.6 Å². The van der Waals surface area contributed by atoms with Crippen molar-refractivity contribution in [2.24, 2.45) is 5.92 Å². The van der Waals surface area contributed by atoms with Gasteiger partial charge in [0.1, 0.15) is 4.90 Å². The molecule has 9 heteroatoms. The number of sulfonamides is 1. The van der Waals surface area contributed by atoms with Crippen LogP contribution in [0.25, 0.3) is 0 Å². The highest BCUT2D eigenvalue weighted by Crippen LogP contribution is 2.28. The van der Waals surface area contributed by atoms with Crippen molar-refractivity contribution in [2.45, 2.75) is 17.9 Å². The molecule has 0 spiro atoms. The maximum atomic E-state index is 13.0. The van der Waals surface area contributed by atoms with Gasteiger partial charge < -0.3 is 4.90 Å². The molecule has 1 aliphatic heterocycles. The van der Waals surface area contributed by atoms with Crippen molar-refractivity contribution in [3.05, 3.63) is 92.9 Å². The average Bonchev–Trinajstić information content (AvgIpc) is 3.27. The van der Waals surface area contributed by atoms with E-state index in [1.54, 1.807) is 41.3 Å². The molecule has 0 aromatic heterocycles. The van der Waals surface area contributed by atoms with Crippen LogP contribution in [-0.4, -0.2) is 50.8 Å². The molecule has 1 amide bonds. The van der Waals surface area contributed by atoms with Gasteiger partial charge in [-0.3, -0.25) is 14.4 Å². The monoisotopic (exact) mass is 619 g/mol. The minimum absolute atomic E-state index is 0.0735. The minimum Gasteiger partial charge on any atom is -0.341 e. The maximum Gasteiger partial charge on any atom is 0.263 e. The Hall–Kier alpha value is -2.20. The summed E-state index contributed by atoms with van der Waals surface area (Å²) >= 11 is 6.59. The number of carbonyl (C=O) groups is 1. The second-order valence-electron chi connectivity index (χ2n) is 8.82. The lowest BCUT2D eigenvalue weighted by molar-refractivity contribution is 0.0773. The van der Waals surface area contributed by atoms with E-state index in [1.165, 1.54) is 11.6 Å². The van der Waals surface area contributed by atoms with Crippen LogP contribution in [0, 0.1) is 5.92 Å². The Bertz CT molecular complexity index is 1280. The molecule has 6 nitrogen and oxygen atoms in total. The third-order valence-electron chi connectivity index (χ3n) is 6.06. The first-order valence-electron chi connectivity index (χ1n) is 11.3. The summed E-state index contributed by atoms with van der Waals surface area (Å²) in [4.78, 5) is 17.3. The van der Waals surface area contributed by atoms with Crippen LogP contribution in [0.4, 0.5) is 5.69 Å². The topological polar surface area (TPSA) is 69.7 Å². The minimum atomic E-state index is -3.79. The molecule has 0 saturated carbocycles. The lowest BCUT2D eigenvalue weighted by atomic mass is 10.1. The van der Waals surface area contributed by atoms with Crippen molar-refractivity contribution >= 4 is 53.5 Å². The van der Waals surface area contributed by atoms with Crippen molar-refractivity contribution in [1.82, 2.24) is 9.80 Å². The molecule has 1 saturated heterocycles. The fourth-order valence-corrected chi connectivity index (χ4v) is 6.87. The van der Waals surface area contributed by atoms with E-state index in [1.807, 2.05) is 13.1 Å². The maximum absolute atomic E-state index is 13.0. The first kappa shape index (κ1) is 25.9. The first-order valence-corrected chi connectivity index (χ1v) is 14.4. The van der Waals surface area contributed by atoms with E-state index in [0.717, 1.165) is 26.1 Å². The molecule has 3 aromatic rings. The molecular weight excluding hydrogens is 594 g/mol. The summed E-state index contributed by atoms with van der Waals surface area (Å²) in [5, 5.41) is 0. The van der Waals surface area contributed by atoms with Gasteiger partial charge in [0.2, 0.25) is 0 Å². The summed E-state index contributed by atoms with van der Waals surface area (Å²) in [5.41, 5.74) is 2.22. The Morgan fingerprint density at radius 3 is 2.49 bits per heavy atom. The third-order valence-corrected chi connectivity index (χ3v) is 8.93. The highest BCUT2D eigenvalue weighted by Gasteiger charge is 2.25. The zero-order valence-electron chi connectivity index (χ0n) is 19.3. The lowest BCUT2D eigenvalue weighted by Crippen LogP contribution is -2.33.